The lowest BCUT2D eigenvalue weighted by atomic mass is 9.97. The zero-order chi connectivity index (χ0) is 21.9. The van der Waals surface area contributed by atoms with Crippen LogP contribution in [0, 0.1) is 0 Å². The molecule has 1 atom stereocenters. The van der Waals surface area contributed by atoms with Gasteiger partial charge in [-0.25, -0.2) is 4.98 Å². The van der Waals surface area contributed by atoms with Crippen molar-refractivity contribution in [3.63, 3.8) is 0 Å². The van der Waals surface area contributed by atoms with Crippen LogP contribution in [0.3, 0.4) is 0 Å². The number of aryl methyl sites for hydroxylation is 3. The van der Waals surface area contributed by atoms with E-state index in [-0.39, 0.29) is 17.5 Å². The molecule has 1 saturated heterocycles. The Morgan fingerprint density at radius 2 is 2.06 bits per heavy atom. The number of H-pyrrole nitrogens is 1. The Kier molecular flexibility index (Phi) is 6.41. The van der Waals surface area contributed by atoms with Crippen LogP contribution in [0.1, 0.15) is 66.6 Å². The van der Waals surface area contributed by atoms with Gasteiger partial charge < -0.3 is 14.7 Å². The number of amides is 1. The van der Waals surface area contributed by atoms with Gasteiger partial charge in [0.05, 0.1) is 17.7 Å². The van der Waals surface area contributed by atoms with Gasteiger partial charge in [0.15, 0.2) is 0 Å². The van der Waals surface area contributed by atoms with Crippen molar-refractivity contribution in [3.05, 3.63) is 50.8 Å². The zero-order valence-electron chi connectivity index (χ0n) is 18.3. The summed E-state index contributed by atoms with van der Waals surface area (Å²) >= 11 is 1.64. The molecular weight excluding hydrogens is 424 g/mol. The minimum atomic E-state index is -0.0622. The number of likely N-dealkylation sites (tertiary alicyclic amines) is 1. The van der Waals surface area contributed by atoms with E-state index in [9.17, 15) is 9.59 Å². The van der Waals surface area contributed by atoms with Crippen molar-refractivity contribution in [1.29, 1.82) is 0 Å². The molecule has 0 spiro atoms. The molecule has 2 aliphatic rings. The first kappa shape index (κ1) is 21.4. The van der Waals surface area contributed by atoms with Crippen molar-refractivity contribution in [3.8, 4) is 0 Å². The molecule has 1 fully saturated rings. The second kappa shape index (κ2) is 9.58. The summed E-state index contributed by atoms with van der Waals surface area (Å²) in [5.41, 5.74) is 1.13. The first-order valence-corrected chi connectivity index (χ1v) is 12.6. The quantitative estimate of drug-likeness (QED) is 0.568. The van der Waals surface area contributed by atoms with E-state index in [0.29, 0.717) is 25.2 Å². The van der Waals surface area contributed by atoms with Crippen LogP contribution in [0.15, 0.2) is 27.6 Å². The molecule has 0 bridgehead atoms. The third-order valence-corrected chi connectivity index (χ3v) is 7.84. The fourth-order valence-corrected chi connectivity index (χ4v) is 6.26. The summed E-state index contributed by atoms with van der Waals surface area (Å²) in [6, 6.07) is 3.94. The highest BCUT2D eigenvalue weighted by Gasteiger charge is 2.25. The van der Waals surface area contributed by atoms with Gasteiger partial charge in [-0.1, -0.05) is 6.42 Å². The first-order chi connectivity index (χ1) is 15.7. The van der Waals surface area contributed by atoms with Crippen LogP contribution in [0.4, 0.5) is 0 Å². The van der Waals surface area contributed by atoms with E-state index in [0.717, 1.165) is 48.3 Å². The Morgan fingerprint density at radius 1 is 1.22 bits per heavy atom. The van der Waals surface area contributed by atoms with Crippen LogP contribution in [0.5, 0.6) is 0 Å². The van der Waals surface area contributed by atoms with Crippen LogP contribution < -0.4 is 10.9 Å². The molecule has 32 heavy (non-hydrogen) atoms. The summed E-state index contributed by atoms with van der Waals surface area (Å²) in [7, 11) is 0. The van der Waals surface area contributed by atoms with E-state index in [2.05, 4.69) is 20.2 Å². The maximum Gasteiger partial charge on any atom is 0.259 e. The largest absolute Gasteiger partial charge is 0.468 e. The molecule has 7 nitrogen and oxygen atoms in total. The molecule has 1 aliphatic heterocycles. The number of furan rings is 1. The van der Waals surface area contributed by atoms with Crippen molar-refractivity contribution >= 4 is 27.5 Å². The highest BCUT2D eigenvalue weighted by molar-refractivity contribution is 7.18. The highest BCUT2D eigenvalue weighted by Crippen LogP contribution is 2.33. The van der Waals surface area contributed by atoms with Crippen LogP contribution in [0.25, 0.3) is 10.2 Å². The molecule has 5 rings (SSSR count). The second-order valence-electron chi connectivity index (χ2n) is 8.84. The Balaban J connectivity index is 1.21. The van der Waals surface area contributed by atoms with Crippen molar-refractivity contribution in [1.82, 2.24) is 20.2 Å². The number of thiophene rings is 1. The Morgan fingerprint density at radius 3 is 2.88 bits per heavy atom. The van der Waals surface area contributed by atoms with Gasteiger partial charge in [-0.2, -0.15) is 0 Å². The average molecular weight is 455 g/mol. The molecule has 8 heteroatoms. The van der Waals surface area contributed by atoms with Gasteiger partial charge in [-0.05, 0) is 69.3 Å². The molecule has 0 unspecified atom stereocenters. The lowest BCUT2D eigenvalue weighted by molar-refractivity contribution is -0.121. The second-order valence-corrected chi connectivity index (χ2v) is 9.92. The van der Waals surface area contributed by atoms with Gasteiger partial charge in [0, 0.05) is 24.3 Å². The maximum absolute atomic E-state index is 12.7. The lowest BCUT2D eigenvalue weighted by Gasteiger charge is -2.33. The number of piperidine rings is 1. The highest BCUT2D eigenvalue weighted by atomic mass is 32.1. The smallest absolute Gasteiger partial charge is 0.259 e. The Hall–Kier alpha value is -2.45. The molecular formula is C24H30N4O3S. The van der Waals surface area contributed by atoms with E-state index in [1.807, 2.05) is 12.1 Å². The average Bonchev–Trinajstić information content (AvgIpc) is 3.46. The number of nitrogens with one attached hydrogen (secondary N) is 2. The van der Waals surface area contributed by atoms with Crippen molar-refractivity contribution in [2.75, 3.05) is 19.6 Å². The predicted octanol–water partition coefficient (Wildman–Crippen LogP) is 3.73. The minimum Gasteiger partial charge on any atom is -0.468 e. The number of aromatic nitrogens is 2. The van der Waals surface area contributed by atoms with Crippen LogP contribution >= 0.6 is 11.3 Å². The zero-order valence-corrected chi connectivity index (χ0v) is 19.1. The van der Waals surface area contributed by atoms with E-state index < -0.39 is 0 Å². The van der Waals surface area contributed by atoms with Gasteiger partial charge >= 0.3 is 0 Å². The maximum atomic E-state index is 12.7. The monoisotopic (exact) mass is 454 g/mol. The topological polar surface area (TPSA) is 91.2 Å². The third kappa shape index (κ3) is 4.52. The first-order valence-electron chi connectivity index (χ1n) is 11.8. The molecule has 1 amide bonds. The number of nitrogens with zero attached hydrogens (tertiary/aromatic N) is 2. The fraction of sp³-hybridized carbons (Fsp3) is 0.542. The summed E-state index contributed by atoms with van der Waals surface area (Å²) in [4.78, 5) is 37.4. The van der Waals surface area contributed by atoms with Crippen molar-refractivity contribution in [2.24, 2.45) is 0 Å². The molecule has 1 aliphatic carbocycles. The van der Waals surface area contributed by atoms with E-state index in [1.54, 1.807) is 17.6 Å². The number of fused-ring (bicyclic) bond motifs is 3. The van der Waals surface area contributed by atoms with Crippen molar-refractivity contribution in [2.45, 2.75) is 63.8 Å². The molecule has 0 saturated carbocycles. The normalized spacial score (nSPS) is 17.9. The molecule has 3 aromatic heterocycles. The number of carbonyl (C=O) groups excluding carboxylic acids is 1. The third-order valence-electron chi connectivity index (χ3n) is 6.66. The number of hydrogen-bond donors (Lipinski definition) is 2. The number of rotatable bonds is 7. The van der Waals surface area contributed by atoms with Crippen molar-refractivity contribution < 1.29 is 9.21 Å². The molecule has 0 aromatic carbocycles. The molecule has 0 radical (unpaired) electrons. The molecule has 4 heterocycles. The Labute approximate surface area is 191 Å². The predicted molar refractivity (Wildman–Crippen MR) is 125 cm³/mol. The van der Waals surface area contributed by atoms with E-state index >= 15 is 0 Å². The fourth-order valence-electron chi connectivity index (χ4n) is 4.98. The van der Waals surface area contributed by atoms with Crippen LogP contribution in [-0.4, -0.2) is 40.4 Å². The molecule has 170 valence electrons. The van der Waals surface area contributed by atoms with Crippen LogP contribution in [0.2, 0.25) is 0 Å². The summed E-state index contributed by atoms with van der Waals surface area (Å²) in [6.07, 6.45) is 10.4. The number of hydrogen-bond acceptors (Lipinski definition) is 6. The summed E-state index contributed by atoms with van der Waals surface area (Å²) in [5.74, 6) is 1.45. The van der Waals surface area contributed by atoms with E-state index in [1.165, 1.54) is 36.1 Å². The summed E-state index contributed by atoms with van der Waals surface area (Å²) in [5, 5.41) is 3.84. The minimum absolute atomic E-state index is 0.0354. The Bertz CT molecular complexity index is 1130. The van der Waals surface area contributed by atoms with Crippen LogP contribution in [-0.2, 0) is 24.1 Å². The molecule has 2 N–H and O–H groups in total. The van der Waals surface area contributed by atoms with Gasteiger partial charge in [-0.3, -0.25) is 14.5 Å². The number of aromatic amines is 1. The van der Waals surface area contributed by atoms with E-state index in [4.69, 9.17) is 4.42 Å². The lowest BCUT2D eigenvalue weighted by Crippen LogP contribution is -2.40. The van der Waals surface area contributed by atoms with Gasteiger partial charge in [0.2, 0.25) is 5.91 Å². The van der Waals surface area contributed by atoms with Gasteiger partial charge in [0.25, 0.3) is 5.56 Å². The molecule has 3 aromatic rings. The summed E-state index contributed by atoms with van der Waals surface area (Å²) in [6.45, 7) is 2.57. The van der Waals surface area contributed by atoms with Gasteiger partial charge in [-0.15, -0.1) is 11.3 Å². The summed E-state index contributed by atoms with van der Waals surface area (Å²) < 4.78 is 5.66. The standard InChI is InChI=1S/C24H30N4O3S/c29-21(25-15-17(18-8-6-14-31-18)28-12-4-1-5-13-28)11-10-20-26-23(30)22-16-7-2-3-9-19(16)32-24(22)27-20/h6,8,14,17H,1-5,7,9-13,15H2,(H,25,29)(H,26,27,30)/t17-/m0/s1. The van der Waals surface area contributed by atoms with Gasteiger partial charge in [0.1, 0.15) is 16.4 Å². The SMILES string of the molecule is O=C(CCc1nc2sc3c(c2c(=O)[nH]1)CCCC3)NC[C@@H](c1ccco1)N1CCCCC1. The number of carbonyl (C=O) groups is 1.